The van der Waals surface area contributed by atoms with Gasteiger partial charge >= 0.3 is 0 Å². The predicted molar refractivity (Wildman–Crippen MR) is 102 cm³/mol. The molecule has 136 valence electrons. The van der Waals surface area contributed by atoms with Crippen LogP contribution in [0.4, 0.5) is 4.39 Å². The van der Waals surface area contributed by atoms with Gasteiger partial charge in [-0.3, -0.25) is 0 Å². The van der Waals surface area contributed by atoms with Crippen molar-refractivity contribution >= 4 is 11.6 Å². The lowest BCUT2D eigenvalue weighted by Gasteiger charge is -2.12. The first-order valence-corrected chi connectivity index (χ1v) is 8.78. The van der Waals surface area contributed by atoms with Gasteiger partial charge in [-0.15, -0.1) is 0 Å². The fraction of sp³-hybridized carbons (Fsp3) is 0.250. The first-order valence-electron chi connectivity index (χ1n) is 8.40. The number of aromatic nitrogens is 2. The average Bonchev–Trinajstić information content (AvgIpc) is 3.05. The Bertz CT molecular complexity index is 864. The molecule has 0 saturated heterocycles. The predicted octanol–water partition coefficient (Wildman–Crippen LogP) is 4.46. The van der Waals surface area contributed by atoms with Crippen LogP contribution >= 0.6 is 11.6 Å². The summed E-state index contributed by atoms with van der Waals surface area (Å²) in [5.74, 6) is -0.275. The summed E-state index contributed by atoms with van der Waals surface area (Å²) in [6.45, 7) is 3.29. The second-order valence-corrected chi connectivity index (χ2v) is 6.55. The fourth-order valence-corrected chi connectivity index (χ4v) is 2.96. The molecule has 0 bridgehead atoms. The summed E-state index contributed by atoms with van der Waals surface area (Å²) in [5.41, 5.74) is 3.46. The Morgan fingerprint density at radius 1 is 1.19 bits per heavy atom. The minimum Gasteiger partial charge on any atom is -0.383 e. The standard InChI is InChI=1S/C20H21ClFN3O/c1-14(13-26-2)23-11-15-12-25(17-9-7-16(22)8-10-17)24-20(15)18-5-3-4-6-19(18)21/h3-10,12,14,23H,11,13H2,1-2H3/t14-/m0/s1. The zero-order valence-electron chi connectivity index (χ0n) is 14.7. The van der Waals surface area contributed by atoms with Gasteiger partial charge in [-0.2, -0.15) is 5.10 Å². The highest BCUT2D eigenvalue weighted by atomic mass is 35.5. The normalized spacial score (nSPS) is 12.3. The highest BCUT2D eigenvalue weighted by molar-refractivity contribution is 6.33. The smallest absolute Gasteiger partial charge is 0.123 e. The zero-order valence-corrected chi connectivity index (χ0v) is 15.5. The first-order chi connectivity index (χ1) is 12.6. The molecule has 0 spiro atoms. The van der Waals surface area contributed by atoms with E-state index in [2.05, 4.69) is 12.2 Å². The largest absolute Gasteiger partial charge is 0.383 e. The van der Waals surface area contributed by atoms with Gasteiger partial charge in [0.2, 0.25) is 0 Å². The van der Waals surface area contributed by atoms with Crippen LogP contribution in [0.5, 0.6) is 0 Å². The highest BCUT2D eigenvalue weighted by Gasteiger charge is 2.15. The second kappa shape index (κ2) is 8.45. The molecule has 2 aromatic carbocycles. The van der Waals surface area contributed by atoms with E-state index in [0.717, 1.165) is 22.5 Å². The van der Waals surface area contributed by atoms with E-state index in [1.165, 1.54) is 12.1 Å². The van der Waals surface area contributed by atoms with Crippen molar-refractivity contribution in [2.24, 2.45) is 0 Å². The maximum absolute atomic E-state index is 13.2. The Hall–Kier alpha value is -2.21. The van der Waals surface area contributed by atoms with Crippen molar-refractivity contribution in [1.82, 2.24) is 15.1 Å². The fourth-order valence-electron chi connectivity index (χ4n) is 2.74. The first kappa shape index (κ1) is 18.6. The molecular formula is C20H21ClFN3O. The molecule has 0 aliphatic heterocycles. The van der Waals surface area contributed by atoms with E-state index in [4.69, 9.17) is 21.4 Å². The maximum atomic E-state index is 13.2. The molecule has 0 fully saturated rings. The van der Waals surface area contributed by atoms with E-state index < -0.39 is 0 Å². The Kier molecular flexibility index (Phi) is 6.04. The molecular weight excluding hydrogens is 353 g/mol. The van der Waals surface area contributed by atoms with Gasteiger partial charge in [0, 0.05) is 37.0 Å². The summed E-state index contributed by atoms with van der Waals surface area (Å²) in [6.07, 6.45) is 1.94. The summed E-state index contributed by atoms with van der Waals surface area (Å²) in [5, 5.41) is 8.77. The molecule has 4 nitrogen and oxygen atoms in total. The lowest BCUT2D eigenvalue weighted by atomic mass is 10.1. The topological polar surface area (TPSA) is 39.1 Å². The van der Waals surface area contributed by atoms with Gasteiger partial charge in [-0.25, -0.2) is 9.07 Å². The van der Waals surface area contributed by atoms with Gasteiger partial charge in [-0.05, 0) is 37.3 Å². The van der Waals surface area contributed by atoms with E-state index in [1.807, 2.05) is 30.5 Å². The average molecular weight is 374 g/mol. The van der Waals surface area contributed by atoms with Crippen molar-refractivity contribution in [3.05, 3.63) is 71.1 Å². The van der Waals surface area contributed by atoms with E-state index in [-0.39, 0.29) is 11.9 Å². The molecule has 1 heterocycles. The summed E-state index contributed by atoms with van der Waals surface area (Å²) < 4.78 is 20.1. The molecule has 0 amide bonds. The van der Waals surface area contributed by atoms with Crippen molar-refractivity contribution in [1.29, 1.82) is 0 Å². The molecule has 0 saturated carbocycles. The number of hydrogen-bond acceptors (Lipinski definition) is 3. The summed E-state index contributed by atoms with van der Waals surface area (Å²) in [4.78, 5) is 0. The molecule has 0 unspecified atom stereocenters. The van der Waals surface area contributed by atoms with Crippen molar-refractivity contribution in [2.45, 2.75) is 19.5 Å². The van der Waals surface area contributed by atoms with Gasteiger partial charge in [-0.1, -0.05) is 29.8 Å². The second-order valence-electron chi connectivity index (χ2n) is 6.14. The van der Waals surface area contributed by atoms with Crippen molar-refractivity contribution in [2.75, 3.05) is 13.7 Å². The number of nitrogens with zero attached hydrogens (tertiary/aromatic N) is 2. The molecule has 1 aromatic heterocycles. The van der Waals surface area contributed by atoms with Gasteiger partial charge < -0.3 is 10.1 Å². The molecule has 3 aromatic rings. The molecule has 1 N–H and O–H groups in total. The summed E-state index contributed by atoms with van der Waals surface area (Å²) >= 11 is 6.38. The van der Waals surface area contributed by atoms with Crippen molar-refractivity contribution < 1.29 is 9.13 Å². The Labute approximate surface area is 157 Å². The van der Waals surface area contributed by atoms with Crippen molar-refractivity contribution in [3.63, 3.8) is 0 Å². The lowest BCUT2D eigenvalue weighted by Crippen LogP contribution is -2.29. The molecule has 1 atom stereocenters. The molecule has 6 heteroatoms. The number of benzene rings is 2. The number of rotatable bonds is 7. The SMILES string of the molecule is COC[C@H](C)NCc1cn(-c2ccc(F)cc2)nc1-c1ccccc1Cl. The summed E-state index contributed by atoms with van der Waals surface area (Å²) in [7, 11) is 1.68. The van der Waals surface area contributed by atoms with E-state index in [0.29, 0.717) is 18.2 Å². The summed E-state index contributed by atoms with van der Waals surface area (Å²) in [6, 6.07) is 14.1. The Morgan fingerprint density at radius 2 is 1.92 bits per heavy atom. The zero-order chi connectivity index (χ0) is 18.5. The Morgan fingerprint density at radius 3 is 2.62 bits per heavy atom. The molecule has 0 aliphatic carbocycles. The van der Waals surface area contributed by atoms with Crippen LogP contribution in [0.25, 0.3) is 16.9 Å². The third-order valence-electron chi connectivity index (χ3n) is 4.07. The quantitative estimate of drug-likeness (QED) is 0.664. The van der Waals surface area contributed by atoms with Crippen LogP contribution in [0.15, 0.2) is 54.7 Å². The molecule has 3 rings (SSSR count). The van der Waals surface area contributed by atoms with Crippen LogP contribution in [0, 0.1) is 5.82 Å². The van der Waals surface area contributed by atoms with Crippen LogP contribution in [0.3, 0.4) is 0 Å². The van der Waals surface area contributed by atoms with Gasteiger partial charge in [0.1, 0.15) is 5.82 Å². The van der Waals surface area contributed by atoms with Gasteiger partial charge in [0.05, 0.1) is 23.0 Å². The molecule has 0 radical (unpaired) electrons. The number of ether oxygens (including phenoxy) is 1. The van der Waals surface area contributed by atoms with Crippen LogP contribution in [-0.2, 0) is 11.3 Å². The van der Waals surface area contributed by atoms with Gasteiger partial charge in [0.15, 0.2) is 0 Å². The van der Waals surface area contributed by atoms with E-state index >= 15 is 0 Å². The third-order valence-corrected chi connectivity index (χ3v) is 4.40. The monoisotopic (exact) mass is 373 g/mol. The van der Waals surface area contributed by atoms with Gasteiger partial charge in [0.25, 0.3) is 0 Å². The van der Waals surface area contributed by atoms with Crippen LogP contribution < -0.4 is 5.32 Å². The number of halogens is 2. The van der Waals surface area contributed by atoms with Crippen LogP contribution in [0.2, 0.25) is 5.02 Å². The number of nitrogens with one attached hydrogen (secondary N) is 1. The Balaban J connectivity index is 1.97. The van der Waals surface area contributed by atoms with E-state index in [1.54, 1.807) is 23.9 Å². The highest BCUT2D eigenvalue weighted by Crippen LogP contribution is 2.30. The molecule has 26 heavy (non-hydrogen) atoms. The van der Waals surface area contributed by atoms with E-state index in [9.17, 15) is 4.39 Å². The minimum atomic E-state index is -0.275. The third kappa shape index (κ3) is 4.30. The number of hydrogen-bond donors (Lipinski definition) is 1. The van der Waals surface area contributed by atoms with Crippen molar-refractivity contribution in [3.8, 4) is 16.9 Å². The molecule has 0 aliphatic rings. The minimum absolute atomic E-state index is 0.202. The van der Waals surface area contributed by atoms with Crippen LogP contribution in [-0.4, -0.2) is 29.5 Å². The lowest BCUT2D eigenvalue weighted by molar-refractivity contribution is 0.171. The number of methoxy groups -OCH3 is 1. The maximum Gasteiger partial charge on any atom is 0.123 e. The van der Waals surface area contributed by atoms with Crippen LogP contribution in [0.1, 0.15) is 12.5 Å².